The lowest BCUT2D eigenvalue weighted by Gasteiger charge is -2.13. The Morgan fingerprint density at radius 2 is 1.88 bits per heavy atom. The molecule has 0 fully saturated rings. The number of esters is 1. The van der Waals surface area contributed by atoms with Gasteiger partial charge in [-0.15, -0.1) is 11.3 Å². The Hall–Kier alpha value is -3.17. The molecule has 1 unspecified atom stereocenters. The summed E-state index contributed by atoms with van der Waals surface area (Å²) in [7, 11) is 0. The summed E-state index contributed by atoms with van der Waals surface area (Å²) in [5.74, 6) is -1.03. The quantitative estimate of drug-likeness (QED) is 0.723. The monoisotopic (exact) mass is 350 g/mol. The third kappa shape index (κ3) is 3.67. The Morgan fingerprint density at radius 3 is 2.64 bits per heavy atom. The molecule has 1 N–H and O–H groups in total. The van der Waals surface area contributed by atoms with Crippen molar-refractivity contribution in [2.75, 3.05) is 5.32 Å². The highest BCUT2D eigenvalue weighted by atomic mass is 32.1. The number of amides is 1. The minimum Gasteiger partial charge on any atom is -0.448 e. The summed E-state index contributed by atoms with van der Waals surface area (Å²) in [6.07, 6.45) is -0.982. The summed E-state index contributed by atoms with van der Waals surface area (Å²) in [5.41, 5.74) is 0.735. The number of fused-ring (bicyclic) bond motifs is 1. The Labute approximate surface area is 148 Å². The maximum absolute atomic E-state index is 12.3. The van der Waals surface area contributed by atoms with Crippen molar-refractivity contribution in [1.29, 1.82) is 5.26 Å². The number of carbonyl (C=O) groups is 2. The maximum atomic E-state index is 12.3. The lowest BCUT2D eigenvalue weighted by atomic mass is 10.2. The molecule has 25 heavy (non-hydrogen) atoms. The molecule has 124 valence electrons. The van der Waals surface area contributed by atoms with Gasteiger partial charge >= 0.3 is 5.97 Å². The normalized spacial score (nSPS) is 11.5. The Bertz CT molecular complexity index is 954. The SMILES string of the molecule is CC(OC(=O)c1cc2ccccc2s1)C(=O)Nc1ccccc1C#N. The van der Waals surface area contributed by atoms with Crippen LogP contribution < -0.4 is 5.32 Å². The van der Waals surface area contributed by atoms with Crippen LogP contribution in [-0.4, -0.2) is 18.0 Å². The van der Waals surface area contributed by atoms with Gasteiger partial charge in [-0.25, -0.2) is 4.79 Å². The maximum Gasteiger partial charge on any atom is 0.349 e. The number of hydrogen-bond donors (Lipinski definition) is 1. The minimum atomic E-state index is -0.982. The smallest absolute Gasteiger partial charge is 0.349 e. The topological polar surface area (TPSA) is 79.2 Å². The molecule has 1 heterocycles. The number of para-hydroxylation sites is 1. The Kier molecular flexibility index (Phi) is 4.78. The number of nitrogens with zero attached hydrogens (tertiary/aromatic N) is 1. The van der Waals surface area contributed by atoms with Crippen molar-refractivity contribution in [2.45, 2.75) is 13.0 Å². The molecule has 1 amide bonds. The zero-order valence-corrected chi connectivity index (χ0v) is 14.2. The molecule has 1 aromatic heterocycles. The van der Waals surface area contributed by atoms with E-state index in [1.54, 1.807) is 30.3 Å². The largest absolute Gasteiger partial charge is 0.448 e. The zero-order chi connectivity index (χ0) is 17.8. The van der Waals surface area contributed by atoms with E-state index in [4.69, 9.17) is 10.00 Å². The van der Waals surface area contributed by atoms with Crippen molar-refractivity contribution in [2.24, 2.45) is 0 Å². The van der Waals surface area contributed by atoms with Crippen LogP contribution in [0.15, 0.2) is 54.6 Å². The van der Waals surface area contributed by atoms with E-state index in [1.807, 2.05) is 30.3 Å². The zero-order valence-electron chi connectivity index (χ0n) is 13.4. The van der Waals surface area contributed by atoms with Crippen molar-refractivity contribution in [3.8, 4) is 6.07 Å². The first-order valence-corrected chi connectivity index (χ1v) is 8.39. The van der Waals surface area contributed by atoms with Crippen molar-refractivity contribution in [3.63, 3.8) is 0 Å². The third-order valence-electron chi connectivity index (χ3n) is 3.59. The highest BCUT2D eigenvalue weighted by Crippen LogP contribution is 2.26. The highest BCUT2D eigenvalue weighted by molar-refractivity contribution is 7.20. The molecular weight excluding hydrogens is 336 g/mol. The van der Waals surface area contributed by atoms with E-state index in [-0.39, 0.29) is 0 Å². The molecule has 2 aromatic carbocycles. The summed E-state index contributed by atoms with van der Waals surface area (Å²) in [5, 5.41) is 12.6. The molecule has 0 aliphatic rings. The molecule has 3 rings (SSSR count). The predicted octanol–water partition coefficient (Wildman–Crippen LogP) is 3.96. The number of hydrogen-bond acceptors (Lipinski definition) is 5. The van der Waals surface area contributed by atoms with E-state index < -0.39 is 18.0 Å². The molecule has 5 nitrogen and oxygen atoms in total. The first-order valence-electron chi connectivity index (χ1n) is 7.58. The van der Waals surface area contributed by atoms with Gasteiger partial charge in [-0.3, -0.25) is 4.79 Å². The second kappa shape index (κ2) is 7.16. The van der Waals surface area contributed by atoms with E-state index in [0.29, 0.717) is 16.1 Å². The minimum absolute atomic E-state index is 0.346. The summed E-state index contributed by atoms with van der Waals surface area (Å²) < 4.78 is 6.23. The van der Waals surface area contributed by atoms with Gasteiger partial charge < -0.3 is 10.1 Å². The van der Waals surface area contributed by atoms with Gasteiger partial charge in [0, 0.05) is 4.70 Å². The number of benzene rings is 2. The second-order valence-electron chi connectivity index (χ2n) is 5.34. The molecule has 0 aliphatic heterocycles. The van der Waals surface area contributed by atoms with Crippen molar-refractivity contribution in [1.82, 2.24) is 0 Å². The van der Waals surface area contributed by atoms with Crippen molar-refractivity contribution >= 4 is 39.0 Å². The van der Waals surface area contributed by atoms with Gasteiger partial charge in [-0.1, -0.05) is 30.3 Å². The molecule has 0 bridgehead atoms. The van der Waals surface area contributed by atoms with Crippen LogP contribution in [0.25, 0.3) is 10.1 Å². The fourth-order valence-electron chi connectivity index (χ4n) is 2.28. The molecule has 1 atom stereocenters. The summed E-state index contributed by atoms with van der Waals surface area (Å²) in [4.78, 5) is 24.9. The summed E-state index contributed by atoms with van der Waals surface area (Å²) in [6.45, 7) is 1.50. The van der Waals surface area contributed by atoms with E-state index in [0.717, 1.165) is 10.1 Å². The number of nitriles is 1. The fraction of sp³-hybridized carbons (Fsp3) is 0.105. The third-order valence-corrected chi connectivity index (χ3v) is 4.68. The standard InChI is InChI=1S/C19H14N2O3S/c1-12(18(22)21-15-8-4-2-7-14(15)11-20)24-19(23)17-10-13-6-3-5-9-16(13)25-17/h2-10,12H,1H3,(H,21,22). The number of carbonyl (C=O) groups excluding carboxylic acids is 2. The van der Waals surface area contributed by atoms with Crippen LogP contribution in [0.5, 0.6) is 0 Å². The molecule has 3 aromatic rings. The number of anilines is 1. The van der Waals surface area contributed by atoms with Gasteiger partial charge in [0.15, 0.2) is 6.10 Å². The Balaban J connectivity index is 1.68. The lowest BCUT2D eigenvalue weighted by Crippen LogP contribution is -2.30. The van der Waals surface area contributed by atoms with E-state index in [1.165, 1.54) is 18.3 Å². The number of ether oxygens (including phenoxy) is 1. The van der Waals surface area contributed by atoms with Gasteiger partial charge in [0.05, 0.1) is 11.3 Å². The van der Waals surface area contributed by atoms with Crippen LogP contribution in [0.1, 0.15) is 22.2 Å². The van der Waals surface area contributed by atoms with Crippen molar-refractivity contribution < 1.29 is 14.3 Å². The van der Waals surface area contributed by atoms with Gasteiger partial charge in [0.25, 0.3) is 5.91 Å². The van der Waals surface area contributed by atoms with Crippen LogP contribution in [0.2, 0.25) is 0 Å². The van der Waals surface area contributed by atoms with Crippen LogP contribution in [-0.2, 0) is 9.53 Å². The van der Waals surface area contributed by atoms with Gasteiger partial charge in [-0.05, 0) is 36.6 Å². The van der Waals surface area contributed by atoms with Gasteiger partial charge in [0.1, 0.15) is 10.9 Å². The summed E-state index contributed by atoms with van der Waals surface area (Å²) >= 11 is 1.32. The predicted molar refractivity (Wildman–Crippen MR) is 96.5 cm³/mol. The first kappa shape index (κ1) is 16.7. The molecule has 0 radical (unpaired) electrons. The molecule has 0 saturated heterocycles. The number of rotatable bonds is 4. The van der Waals surface area contributed by atoms with Crippen LogP contribution >= 0.6 is 11.3 Å². The molecular formula is C19H14N2O3S. The van der Waals surface area contributed by atoms with Gasteiger partial charge in [-0.2, -0.15) is 5.26 Å². The van der Waals surface area contributed by atoms with Crippen LogP contribution in [0.3, 0.4) is 0 Å². The average Bonchev–Trinajstić information content (AvgIpc) is 3.06. The molecule has 6 heteroatoms. The van der Waals surface area contributed by atoms with E-state index in [2.05, 4.69) is 5.32 Å². The molecule has 0 aliphatic carbocycles. The first-order chi connectivity index (χ1) is 12.1. The highest BCUT2D eigenvalue weighted by Gasteiger charge is 2.21. The molecule has 0 spiro atoms. The fourth-order valence-corrected chi connectivity index (χ4v) is 3.22. The van der Waals surface area contributed by atoms with E-state index >= 15 is 0 Å². The second-order valence-corrected chi connectivity index (χ2v) is 6.43. The number of thiophene rings is 1. The summed E-state index contributed by atoms with van der Waals surface area (Å²) in [6, 6.07) is 18.0. The number of nitrogens with one attached hydrogen (secondary N) is 1. The van der Waals surface area contributed by atoms with E-state index in [9.17, 15) is 9.59 Å². The van der Waals surface area contributed by atoms with Crippen LogP contribution in [0, 0.1) is 11.3 Å². The van der Waals surface area contributed by atoms with Crippen LogP contribution in [0.4, 0.5) is 5.69 Å². The lowest BCUT2D eigenvalue weighted by molar-refractivity contribution is -0.123. The van der Waals surface area contributed by atoms with Gasteiger partial charge in [0.2, 0.25) is 0 Å². The molecule has 0 saturated carbocycles. The Morgan fingerprint density at radius 1 is 1.16 bits per heavy atom. The van der Waals surface area contributed by atoms with Crippen molar-refractivity contribution in [3.05, 3.63) is 65.0 Å². The average molecular weight is 350 g/mol.